The summed E-state index contributed by atoms with van der Waals surface area (Å²) in [7, 11) is 1.88. The van der Waals surface area contributed by atoms with Crippen LogP contribution in [0.25, 0.3) is 0 Å². The molecule has 0 saturated carbocycles. The third-order valence-electron chi connectivity index (χ3n) is 4.40. The van der Waals surface area contributed by atoms with E-state index in [-0.39, 0.29) is 11.7 Å². The van der Waals surface area contributed by atoms with Gasteiger partial charge in [-0.3, -0.25) is 4.79 Å². The van der Waals surface area contributed by atoms with Crippen molar-refractivity contribution < 1.29 is 9.53 Å². The molecule has 1 N–H and O–H groups in total. The van der Waals surface area contributed by atoms with E-state index in [0.717, 1.165) is 32.6 Å². The van der Waals surface area contributed by atoms with Crippen LogP contribution in [0.15, 0.2) is 46.0 Å². The number of ether oxygens (including phenoxy) is 1. The zero-order valence-electron chi connectivity index (χ0n) is 16.8. The molecular weight excluding hydrogens is 452 g/mol. The van der Waals surface area contributed by atoms with E-state index in [1.807, 2.05) is 62.7 Å². The number of nitrogens with one attached hydrogen (secondary N) is 1. The minimum absolute atomic E-state index is 0.0899. The van der Waals surface area contributed by atoms with Crippen LogP contribution in [0, 0.1) is 20.8 Å². The molecule has 152 valence electrons. The Kier molecular flexibility index (Phi) is 6.97. The van der Waals surface area contributed by atoms with Crippen molar-refractivity contribution in [3.63, 3.8) is 0 Å². The van der Waals surface area contributed by atoms with Crippen LogP contribution in [-0.4, -0.2) is 26.4 Å². The van der Waals surface area contributed by atoms with Crippen LogP contribution in [0.3, 0.4) is 0 Å². The molecule has 3 aromatic rings. The van der Waals surface area contributed by atoms with Gasteiger partial charge in [0.25, 0.3) is 0 Å². The Hall–Kier alpha value is -2.32. The zero-order chi connectivity index (χ0) is 21.0. The number of nitrogens with zero attached hydrogens (tertiary/aromatic N) is 3. The molecule has 2 aromatic carbocycles. The highest BCUT2D eigenvalue weighted by molar-refractivity contribution is 9.10. The molecule has 0 spiro atoms. The molecule has 0 fully saturated rings. The van der Waals surface area contributed by atoms with E-state index < -0.39 is 0 Å². The Balaban J connectivity index is 1.55. The molecule has 1 aromatic heterocycles. The van der Waals surface area contributed by atoms with E-state index >= 15 is 0 Å². The van der Waals surface area contributed by atoms with Gasteiger partial charge < -0.3 is 14.6 Å². The summed E-state index contributed by atoms with van der Waals surface area (Å²) in [4.78, 5) is 12.3. The number of thioether (sulfide) groups is 1. The second-order valence-corrected chi connectivity index (χ2v) is 8.61. The van der Waals surface area contributed by atoms with Crippen LogP contribution in [0.5, 0.6) is 5.75 Å². The van der Waals surface area contributed by atoms with Gasteiger partial charge in [-0.15, -0.1) is 10.2 Å². The van der Waals surface area contributed by atoms with Crippen LogP contribution >= 0.6 is 27.7 Å². The highest BCUT2D eigenvalue weighted by Crippen LogP contribution is 2.22. The van der Waals surface area contributed by atoms with Crippen molar-refractivity contribution in [2.75, 3.05) is 11.1 Å². The highest BCUT2D eigenvalue weighted by Gasteiger charge is 2.13. The van der Waals surface area contributed by atoms with Gasteiger partial charge in [-0.2, -0.15) is 0 Å². The summed E-state index contributed by atoms with van der Waals surface area (Å²) in [6.45, 7) is 6.34. The summed E-state index contributed by atoms with van der Waals surface area (Å²) in [5.74, 6) is 1.70. The van der Waals surface area contributed by atoms with Crippen molar-refractivity contribution in [3.05, 3.63) is 63.4 Å². The Morgan fingerprint density at radius 3 is 2.69 bits per heavy atom. The van der Waals surface area contributed by atoms with Crippen molar-refractivity contribution in [1.29, 1.82) is 0 Å². The van der Waals surface area contributed by atoms with Gasteiger partial charge in [0.1, 0.15) is 12.4 Å². The smallest absolute Gasteiger partial charge is 0.234 e. The van der Waals surface area contributed by atoms with E-state index in [9.17, 15) is 4.79 Å². The van der Waals surface area contributed by atoms with Gasteiger partial charge in [-0.05, 0) is 61.7 Å². The van der Waals surface area contributed by atoms with Crippen molar-refractivity contribution in [2.24, 2.45) is 7.05 Å². The van der Waals surface area contributed by atoms with E-state index in [1.54, 1.807) is 0 Å². The van der Waals surface area contributed by atoms with Crippen molar-refractivity contribution >= 4 is 39.3 Å². The van der Waals surface area contributed by atoms with Crippen LogP contribution in [0.1, 0.15) is 22.5 Å². The molecule has 0 atom stereocenters. The van der Waals surface area contributed by atoms with Crippen molar-refractivity contribution in [3.8, 4) is 5.75 Å². The fourth-order valence-electron chi connectivity index (χ4n) is 2.65. The van der Waals surface area contributed by atoms with Gasteiger partial charge in [0, 0.05) is 17.2 Å². The summed E-state index contributed by atoms with van der Waals surface area (Å²) in [6.07, 6.45) is 0. The number of anilines is 1. The summed E-state index contributed by atoms with van der Waals surface area (Å²) >= 11 is 4.80. The molecule has 0 aliphatic rings. The van der Waals surface area contributed by atoms with Crippen LogP contribution in [-0.2, 0) is 18.4 Å². The minimum Gasteiger partial charge on any atom is -0.485 e. The fraction of sp³-hybridized carbons (Fsp3) is 0.286. The first-order valence-corrected chi connectivity index (χ1v) is 10.9. The number of aromatic nitrogens is 3. The first-order chi connectivity index (χ1) is 13.8. The number of hydrogen-bond donors (Lipinski definition) is 1. The van der Waals surface area contributed by atoms with E-state index in [4.69, 9.17) is 4.74 Å². The van der Waals surface area contributed by atoms with Crippen LogP contribution in [0.2, 0.25) is 0 Å². The summed E-state index contributed by atoms with van der Waals surface area (Å²) in [6, 6.07) is 11.8. The lowest BCUT2D eigenvalue weighted by Gasteiger charge is -2.10. The van der Waals surface area contributed by atoms with Gasteiger partial charge in [0.05, 0.1) is 5.75 Å². The Morgan fingerprint density at radius 1 is 1.14 bits per heavy atom. The normalized spacial score (nSPS) is 10.8. The summed E-state index contributed by atoms with van der Waals surface area (Å²) in [5.41, 5.74) is 4.06. The molecule has 8 heteroatoms. The molecule has 1 amide bonds. The standard InChI is InChI=1S/C21H23BrN4O2S/c1-13-5-6-14(2)18(9-13)28-11-19-24-25-21(26(19)4)29-12-20(27)23-16-7-8-17(22)15(3)10-16/h5-10H,11-12H2,1-4H3,(H,23,27). The average molecular weight is 475 g/mol. The fourth-order valence-corrected chi connectivity index (χ4v) is 3.63. The zero-order valence-corrected chi connectivity index (χ0v) is 19.2. The number of aryl methyl sites for hydroxylation is 3. The third-order valence-corrected chi connectivity index (χ3v) is 6.31. The predicted octanol–water partition coefficient (Wildman–Crippen LogP) is 4.81. The minimum atomic E-state index is -0.0899. The van der Waals surface area contributed by atoms with Gasteiger partial charge in [-0.1, -0.05) is 39.8 Å². The highest BCUT2D eigenvalue weighted by atomic mass is 79.9. The number of rotatable bonds is 7. The molecule has 0 unspecified atom stereocenters. The van der Waals surface area contributed by atoms with Crippen molar-refractivity contribution in [1.82, 2.24) is 14.8 Å². The monoisotopic (exact) mass is 474 g/mol. The van der Waals surface area contributed by atoms with Crippen LogP contribution < -0.4 is 10.1 Å². The molecule has 0 radical (unpaired) electrons. The van der Waals surface area contributed by atoms with E-state index in [0.29, 0.717) is 17.6 Å². The number of halogens is 1. The maximum Gasteiger partial charge on any atom is 0.234 e. The maximum absolute atomic E-state index is 12.3. The second kappa shape index (κ2) is 9.45. The number of carbonyl (C=O) groups excluding carboxylic acids is 1. The molecule has 3 rings (SSSR count). The molecule has 0 saturated heterocycles. The SMILES string of the molecule is Cc1ccc(C)c(OCc2nnc(SCC(=O)Nc3ccc(Br)c(C)c3)n2C)c1. The number of benzene rings is 2. The van der Waals surface area contributed by atoms with Gasteiger partial charge in [0.2, 0.25) is 5.91 Å². The number of amides is 1. The molecule has 0 aliphatic heterocycles. The van der Waals surface area contributed by atoms with Crippen molar-refractivity contribution in [2.45, 2.75) is 32.5 Å². The lowest BCUT2D eigenvalue weighted by molar-refractivity contribution is -0.113. The number of carbonyl (C=O) groups is 1. The lowest BCUT2D eigenvalue weighted by Crippen LogP contribution is -2.14. The Bertz CT molecular complexity index is 1040. The molecule has 29 heavy (non-hydrogen) atoms. The Labute approximate surface area is 183 Å². The largest absolute Gasteiger partial charge is 0.485 e. The average Bonchev–Trinajstić information content (AvgIpc) is 3.03. The van der Waals surface area contributed by atoms with Crippen LogP contribution in [0.4, 0.5) is 5.69 Å². The summed E-state index contributed by atoms with van der Waals surface area (Å²) < 4.78 is 8.78. The first kappa shape index (κ1) is 21.4. The molecule has 6 nitrogen and oxygen atoms in total. The number of hydrogen-bond acceptors (Lipinski definition) is 5. The molecule has 0 bridgehead atoms. The van der Waals surface area contributed by atoms with E-state index in [2.05, 4.69) is 37.5 Å². The lowest BCUT2D eigenvalue weighted by atomic mass is 10.1. The second-order valence-electron chi connectivity index (χ2n) is 6.82. The third kappa shape index (κ3) is 5.61. The molecule has 1 heterocycles. The van der Waals surface area contributed by atoms with Gasteiger partial charge in [-0.25, -0.2) is 0 Å². The predicted molar refractivity (Wildman–Crippen MR) is 119 cm³/mol. The first-order valence-electron chi connectivity index (χ1n) is 9.10. The molecule has 0 aliphatic carbocycles. The van der Waals surface area contributed by atoms with E-state index in [1.165, 1.54) is 11.8 Å². The topological polar surface area (TPSA) is 69.0 Å². The maximum atomic E-state index is 12.3. The Morgan fingerprint density at radius 2 is 1.93 bits per heavy atom. The van der Waals surface area contributed by atoms with Gasteiger partial charge >= 0.3 is 0 Å². The summed E-state index contributed by atoms with van der Waals surface area (Å²) in [5, 5.41) is 12.0. The quantitative estimate of drug-likeness (QED) is 0.497. The van der Waals surface area contributed by atoms with Gasteiger partial charge in [0.15, 0.2) is 11.0 Å². The molecular formula is C21H23BrN4O2S.